The summed E-state index contributed by atoms with van der Waals surface area (Å²) in [6, 6.07) is 6.41. The third kappa shape index (κ3) is 3.33. The van der Waals surface area contributed by atoms with Gasteiger partial charge in [0.1, 0.15) is 11.6 Å². The SMILES string of the molecule is COCCc1nsc(N(C)Cc2ccc3c(c2)CCO3)n1. The number of ether oxygens (including phenoxy) is 2. The first-order valence-corrected chi connectivity index (χ1v) is 7.81. The van der Waals surface area contributed by atoms with Crippen molar-refractivity contribution in [2.45, 2.75) is 19.4 Å². The van der Waals surface area contributed by atoms with Crippen molar-refractivity contribution in [3.63, 3.8) is 0 Å². The Kier molecular flexibility index (Phi) is 4.36. The summed E-state index contributed by atoms with van der Waals surface area (Å²) in [6.45, 7) is 2.28. The van der Waals surface area contributed by atoms with Gasteiger partial charge in [-0.1, -0.05) is 12.1 Å². The second-order valence-corrected chi connectivity index (χ2v) is 5.86. The lowest BCUT2D eigenvalue weighted by atomic mass is 10.1. The van der Waals surface area contributed by atoms with Crippen molar-refractivity contribution in [2.75, 3.05) is 32.3 Å². The first-order chi connectivity index (χ1) is 10.3. The molecule has 1 aliphatic heterocycles. The highest BCUT2D eigenvalue weighted by molar-refractivity contribution is 7.09. The van der Waals surface area contributed by atoms with Crippen molar-refractivity contribution in [2.24, 2.45) is 0 Å². The minimum absolute atomic E-state index is 0.657. The first-order valence-electron chi connectivity index (χ1n) is 7.03. The van der Waals surface area contributed by atoms with E-state index in [4.69, 9.17) is 9.47 Å². The minimum atomic E-state index is 0.657. The Hall–Kier alpha value is -1.66. The standard InChI is InChI=1S/C15H19N3O2S/c1-18(15-16-14(17-21-15)6-7-19-2)10-11-3-4-13-12(9-11)5-8-20-13/h3-4,9H,5-8,10H2,1-2H3. The van der Waals surface area contributed by atoms with Gasteiger partial charge in [-0.2, -0.15) is 4.37 Å². The van der Waals surface area contributed by atoms with Crippen LogP contribution in [0.15, 0.2) is 18.2 Å². The van der Waals surface area contributed by atoms with E-state index in [2.05, 4.69) is 32.5 Å². The molecule has 0 saturated carbocycles. The molecule has 1 aromatic carbocycles. The van der Waals surface area contributed by atoms with Crippen LogP contribution in [-0.4, -0.2) is 36.7 Å². The lowest BCUT2D eigenvalue weighted by molar-refractivity contribution is 0.201. The van der Waals surface area contributed by atoms with Crippen LogP contribution in [-0.2, 0) is 24.1 Å². The highest BCUT2D eigenvalue weighted by Gasteiger charge is 2.14. The normalized spacial score (nSPS) is 13.0. The van der Waals surface area contributed by atoms with Gasteiger partial charge in [-0.05, 0) is 17.2 Å². The summed E-state index contributed by atoms with van der Waals surface area (Å²) in [7, 11) is 3.74. The Morgan fingerprint density at radius 3 is 3.19 bits per heavy atom. The van der Waals surface area contributed by atoms with Gasteiger partial charge < -0.3 is 14.4 Å². The van der Waals surface area contributed by atoms with E-state index >= 15 is 0 Å². The predicted molar refractivity (Wildman–Crippen MR) is 83.2 cm³/mol. The average Bonchev–Trinajstić information content (AvgIpc) is 3.13. The van der Waals surface area contributed by atoms with Gasteiger partial charge >= 0.3 is 0 Å². The van der Waals surface area contributed by atoms with Gasteiger partial charge in [0.2, 0.25) is 5.13 Å². The van der Waals surface area contributed by atoms with Crippen LogP contribution in [0.1, 0.15) is 17.0 Å². The highest BCUT2D eigenvalue weighted by Crippen LogP contribution is 2.27. The van der Waals surface area contributed by atoms with Crippen molar-refractivity contribution in [1.82, 2.24) is 9.36 Å². The smallest absolute Gasteiger partial charge is 0.205 e. The Labute approximate surface area is 128 Å². The summed E-state index contributed by atoms with van der Waals surface area (Å²) in [6.07, 6.45) is 1.77. The van der Waals surface area contributed by atoms with Crippen molar-refractivity contribution in [3.8, 4) is 5.75 Å². The molecule has 0 aliphatic carbocycles. The van der Waals surface area contributed by atoms with E-state index in [0.29, 0.717) is 6.61 Å². The number of hydrogen-bond acceptors (Lipinski definition) is 6. The molecule has 1 aromatic heterocycles. The molecule has 0 atom stereocenters. The molecule has 2 aromatic rings. The molecule has 0 bridgehead atoms. The van der Waals surface area contributed by atoms with E-state index in [-0.39, 0.29) is 0 Å². The van der Waals surface area contributed by atoms with Gasteiger partial charge in [-0.15, -0.1) is 0 Å². The maximum atomic E-state index is 5.54. The third-order valence-corrected chi connectivity index (χ3v) is 4.36. The van der Waals surface area contributed by atoms with Crippen LogP contribution in [0.2, 0.25) is 0 Å². The zero-order valence-corrected chi connectivity index (χ0v) is 13.2. The molecule has 0 fully saturated rings. The molecule has 5 nitrogen and oxygen atoms in total. The third-order valence-electron chi connectivity index (χ3n) is 3.49. The number of fused-ring (bicyclic) bond motifs is 1. The molecule has 112 valence electrons. The molecule has 6 heteroatoms. The lowest BCUT2D eigenvalue weighted by Gasteiger charge is -2.15. The summed E-state index contributed by atoms with van der Waals surface area (Å²) >= 11 is 1.44. The van der Waals surface area contributed by atoms with Crippen LogP contribution < -0.4 is 9.64 Å². The summed E-state index contributed by atoms with van der Waals surface area (Å²) in [5, 5.41) is 0.942. The number of hydrogen-bond donors (Lipinski definition) is 0. The molecular weight excluding hydrogens is 286 g/mol. The summed E-state index contributed by atoms with van der Waals surface area (Å²) < 4.78 is 15.0. The molecule has 1 aliphatic rings. The summed E-state index contributed by atoms with van der Waals surface area (Å²) in [5.41, 5.74) is 2.58. The zero-order valence-electron chi connectivity index (χ0n) is 12.3. The lowest BCUT2D eigenvalue weighted by Crippen LogP contribution is -2.16. The van der Waals surface area contributed by atoms with Crippen molar-refractivity contribution in [3.05, 3.63) is 35.2 Å². The Morgan fingerprint density at radius 2 is 2.33 bits per heavy atom. The average molecular weight is 305 g/mol. The molecule has 0 spiro atoms. The second-order valence-electron chi connectivity index (χ2n) is 5.13. The number of rotatable bonds is 6. The maximum absolute atomic E-state index is 5.54. The van der Waals surface area contributed by atoms with Crippen LogP contribution in [0, 0.1) is 0 Å². The summed E-state index contributed by atoms with van der Waals surface area (Å²) in [5.74, 6) is 1.88. The van der Waals surface area contributed by atoms with E-state index < -0.39 is 0 Å². The zero-order chi connectivity index (χ0) is 14.7. The molecule has 0 unspecified atom stereocenters. The van der Waals surface area contributed by atoms with Crippen LogP contribution in [0.25, 0.3) is 0 Å². The fourth-order valence-electron chi connectivity index (χ4n) is 2.37. The largest absolute Gasteiger partial charge is 0.493 e. The molecular formula is C15H19N3O2S. The Balaban J connectivity index is 1.65. The monoisotopic (exact) mass is 305 g/mol. The van der Waals surface area contributed by atoms with Crippen LogP contribution >= 0.6 is 11.5 Å². The van der Waals surface area contributed by atoms with E-state index in [1.807, 2.05) is 7.05 Å². The molecule has 2 heterocycles. The van der Waals surface area contributed by atoms with Crippen LogP contribution in [0.4, 0.5) is 5.13 Å². The van der Waals surface area contributed by atoms with Crippen LogP contribution in [0.5, 0.6) is 5.75 Å². The molecule has 21 heavy (non-hydrogen) atoms. The molecule has 0 amide bonds. The van der Waals surface area contributed by atoms with Gasteiger partial charge in [0.15, 0.2) is 0 Å². The van der Waals surface area contributed by atoms with Gasteiger partial charge in [-0.3, -0.25) is 0 Å². The van der Waals surface area contributed by atoms with E-state index in [0.717, 1.165) is 42.7 Å². The van der Waals surface area contributed by atoms with Crippen molar-refractivity contribution < 1.29 is 9.47 Å². The summed E-state index contributed by atoms with van der Waals surface area (Å²) in [4.78, 5) is 6.68. The topological polar surface area (TPSA) is 47.5 Å². The molecule has 0 radical (unpaired) electrons. The van der Waals surface area contributed by atoms with E-state index in [9.17, 15) is 0 Å². The molecule has 0 saturated heterocycles. The highest BCUT2D eigenvalue weighted by atomic mass is 32.1. The van der Waals surface area contributed by atoms with Crippen LogP contribution in [0.3, 0.4) is 0 Å². The number of aromatic nitrogens is 2. The number of nitrogens with zero attached hydrogens (tertiary/aromatic N) is 3. The van der Waals surface area contributed by atoms with E-state index in [1.165, 1.54) is 22.7 Å². The van der Waals surface area contributed by atoms with E-state index in [1.54, 1.807) is 7.11 Å². The number of anilines is 1. The second kappa shape index (κ2) is 6.41. The molecule has 3 rings (SSSR count). The van der Waals surface area contributed by atoms with Gasteiger partial charge in [0, 0.05) is 45.1 Å². The van der Waals surface area contributed by atoms with Crippen molar-refractivity contribution >= 4 is 16.7 Å². The molecule has 0 N–H and O–H groups in total. The quantitative estimate of drug-likeness (QED) is 0.819. The predicted octanol–water partition coefficient (Wildman–Crippen LogP) is 2.30. The Morgan fingerprint density at radius 1 is 1.43 bits per heavy atom. The van der Waals surface area contributed by atoms with Crippen molar-refractivity contribution in [1.29, 1.82) is 0 Å². The maximum Gasteiger partial charge on any atom is 0.205 e. The first kappa shape index (κ1) is 14.3. The van der Waals surface area contributed by atoms with Gasteiger partial charge in [0.05, 0.1) is 13.2 Å². The van der Waals surface area contributed by atoms with Gasteiger partial charge in [-0.25, -0.2) is 4.98 Å². The van der Waals surface area contributed by atoms with Gasteiger partial charge in [0.25, 0.3) is 0 Å². The number of benzene rings is 1. The number of methoxy groups -OCH3 is 1. The fourth-order valence-corrected chi connectivity index (χ4v) is 3.04. The Bertz CT molecular complexity index is 615. The fraction of sp³-hybridized carbons (Fsp3) is 0.467. The minimum Gasteiger partial charge on any atom is -0.493 e.